The van der Waals surface area contributed by atoms with Gasteiger partial charge in [-0.1, -0.05) is 46.3 Å². The first-order valence-corrected chi connectivity index (χ1v) is 9.49. The second kappa shape index (κ2) is 7.80. The minimum absolute atomic E-state index is 0.0837. The van der Waals surface area contributed by atoms with Crippen molar-refractivity contribution < 1.29 is 9.32 Å². The highest BCUT2D eigenvalue weighted by atomic mass is 32.1. The first-order valence-electron chi connectivity index (χ1n) is 8.61. The zero-order chi connectivity index (χ0) is 18.6. The Hall–Kier alpha value is -2.85. The third-order valence-corrected chi connectivity index (χ3v) is 4.95. The fraction of sp³-hybridized carbons (Fsp3) is 0.353. The average molecular weight is 385 g/mol. The summed E-state index contributed by atoms with van der Waals surface area (Å²) in [6.45, 7) is 5.30. The lowest BCUT2D eigenvalue weighted by atomic mass is 10.1. The van der Waals surface area contributed by atoms with Crippen molar-refractivity contribution in [2.75, 3.05) is 42.9 Å². The van der Waals surface area contributed by atoms with Crippen molar-refractivity contribution in [1.82, 2.24) is 25.2 Å². The van der Waals surface area contributed by atoms with Crippen molar-refractivity contribution in [2.24, 2.45) is 0 Å². The Kier molecular flexibility index (Phi) is 5.07. The van der Waals surface area contributed by atoms with E-state index >= 15 is 0 Å². The van der Waals surface area contributed by atoms with Gasteiger partial charge in [0.2, 0.25) is 16.9 Å². The maximum Gasteiger partial charge on any atom is 0.324 e. The molecule has 1 aromatic carbocycles. The Balaban J connectivity index is 1.30. The fourth-order valence-electron chi connectivity index (χ4n) is 2.85. The molecule has 0 spiro atoms. The third-order valence-electron chi connectivity index (χ3n) is 4.34. The molecule has 0 atom stereocenters. The zero-order valence-electron chi connectivity index (χ0n) is 14.8. The number of nitrogens with zero attached hydrogens (tertiary/aromatic N) is 6. The predicted octanol–water partition coefficient (Wildman–Crippen LogP) is 1.66. The number of hydrogen-bond acceptors (Lipinski definition) is 9. The summed E-state index contributed by atoms with van der Waals surface area (Å²) < 4.78 is 5.43. The smallest absolute Gasteiger partial charge is 0.322 e. The normalized spacial score (nSPS) is 15.1. The van der Waals surface area contributed by atoms with Crippen molar-refractivity contribution in [1.29, 1.82) is 0 Å². The monoisotopic (exact) mass is 385 g/mol. The molecule has 0 unspecified atom stereocenters. The number of rotatable bonds is 5. The molecule has 1 aliphatic rings. The Morgan fingerprint density at radius 3 is 2.70 bits per heavy atom. The number of piperazine rings is 1. The number of anilines is 2. The minimum Gasteiger partial charge on any atom is -0.322 e. The van der Waals surface area contributed by atoms with E-state index in [0.717, 1.165) is 31.7 Å². The van der Waals surface area contributed by atoms with Crippen LogP contribution in [0.3, 0.4) is 0 Å². The summed E-state index contributed by atoms with van der Waals surface area (Å²) >= 11 is 1.30. The lowest BCUT2D eigenvalue weighted by Crippen LogP contribution is -2.48. The van der Waals surface area contributed by atoms with Crippen molar-refractivity contribution in [2.45, 2.75) is 6.92 Å². The molecule has 1 saturated heterocycles. The maximum absolute atomic E-state index is 12.0. The van der Waals surface area contributed by atoms with E-state index in [-0.39, 0.29) is 5.91 Å². The second-order valence-electron chi connectivity index (χ2n) is 6.32. The molecule has 1 N–H and O–H groups in total. The van der Waals surface area contributed by atoms with Crippen LogP contribution in [0.4, 0.5) is 11.1 Å². The molecule has 0 bridgehead atoms. The van der Waals surface area contributed by atoms with Gasteiger partial charge in [0, 0.05) is 31.7 Å². The Morgan fingerprint density at radius 2 is 2.00 bits per heavy atom. The van der Waals surface area contributed by atoms with Gasteiger partial charge in [-0.05, 0) is 6.92 Å². The van der Waals surface area contributed by atoms with Gasteiger partial charge in [-0.3, -0.25) is 15.0 Å². The molecule has 27 heavy (non-hydrogen) atoms. The van der Waals surface area contributed by atoms with Crippen molar-refractivity contribution >= 4 is 28.4 Å². The highest BCUT2D eigenvalue weighted by molar-refractivity contribution is 7.13. The SMILES string of the molecule is Cc1ccc(-c2noc(N3CCN(CC(=O)Nc4nncs4)CC3)n2)cc1. The van der Waals surface area contributed by atoms with E-state index in [1.165, 1.54) is 16.9 Å². The Bertz CT molecular complexity index is 886. The molecule has 0 aliphatic carbocycles. The number of amides is 1. The van der Waals surface area contributed by atoms with E-state index in [1.807, 2.05) is 36.1 Å². The molecule has 1 aliphatic heterocycles. The first kappa shape index (κ1) is 17.6. The van der Waals surface area contributed by atoms with Gasteiger partial charge in [0.15, 0.2) is 0 Å². The molecule has 1 amide bonds. The number of benzene rings is 1. The highest BCUT2D eigenvalue weighted by Gasteiger charge is 2.23. The van der Waals surface area contributed by atoms with E-state index in [9.17, 15) is 4.79 Å². The molecule has 1 fully saturated rings. The van der Waals surface area contributed by atoms with Crippen molar-refractivity contribution in [3.8, 4) is 11.4 Å². The molecule has 3 heterocycles. The summed E-state index contributed by atoms with van der Waals surface area (Å²) in [4.78, 5) is 20.7. The minimum atomic E-state index is -0.0837. The largest absolute Gasteiger partial charge is 0.324 e. The number of carbonyl (C=O) groups is 1. The molecule has 2 aromatic heterocycles. The molecule has 3 aromatic rings. The van der Waals surface area contributed by atoms with Crippen LogP contribution in [0.1, 0.15) is 5.56 Å². The zero-order valence-corrected chi connectivity index (χ0v) is 15.6. The molecule has 140 valence electrons. The predicted molar refractivity (Wildman–Crippen MR) is 102 cm³/mol. The van der Waals surface area contributed by atoms with Crippen LogP contribution in [0.5, 0.6) is 0 Å². The van der Waals surface area contributed by atoms with Gasteiger partial charge in [0.25, 0.3) is 0 Å². The van der Waals surface area contributed by atoms with Crippen molar-refractivity contribution in [3.05, 3.63) is 35.3 Å². The van der Waals surface area contributed by atoms with Gasteiger partial charge in [0.05, 0.1) is 6.54 Å². The van der Waals surface area contributed by atoms with Crippen LogP contribution in [0.15, 0.2) is 34.3 Å². The Morgan fingerprint density at radius 1 is 1.22 bits per heavy atom. The Labute approximate surface area is 160 Å². The van der Waals surface area contributed by atoms with E-state index in [2.05, 4.69) is 30.6 Å². The van der Waals surface area contributed by atoms with Crippen LogP contribution in [-0.2, 0) is 4.79 Å². The van der Waals surface area contributed by atoms with Gasteiger partial charge in [-0.15, -0.1) is 10.2 Å². The van der Waals surface area contributed by atoms with Crippen LogP contribution in [0.25, 0.3) is 11.4 Å². The standard InChI is InChI=1S/C17H19N7O2S/c1-12-2-4-13(5-3-12)15-20-17(26-22-15)24-8-6-23(7-9-24)10-14(25)19-16-21-18-11-27-16/h2-5,11H,6-10H2,1H3,(H,19,21,25). The lowest BCUT2D eigenvalue weighted by Gasteiger charge is -2.32. The van der Waals surface area contributed by atoms with Crippen LogP contribution >= 0.6 is 11.3 Å². The van der Waals surface area contributed by atoms with Crippen LogP contribution in [0.2, 0.25) is 0 Å². The average Bonchev–Trinajstić information content (AvgIpc) is 3.35. The number of nitrogens with one attached hydrogen (secondary N) is 1. The third kappa shape index (κ3) is 4.29. The molecule has 9 nitrogen and oxygen atoms in total. The topological polar surface area (TPSA) is 100 Å². The molecular formula is C17H19N7O2S. The molecular weight excluding hydrogens is 366 g/mol. The second-order valence-corrected chi connectivity index (χ2v) is 7.16. The van der Waals surface area contributed by atoms with Gasteiger partial charge >= 0.3 is 6.01 Å². The number of aryl methyl sites for hydroxylation is 1. The van der Waals surface area contributed by atoms with E-state index in [1.54, 1.807) is 5.51 Å². The number of carbonyl (C=O) groups excluding carboxylic acids is 1. The summed E-state index contributed by atoms with van der Waals surface area (Å²) in [5.74, 6) is 0.503. The lowest BCUT2D eigenvalue weighted by molar-refractivity contribution is -0.117. The van der Waals surface area contributed by atoms with Crippen LogP contribution < -0.4 is 10.2 Å². The van der Waals surface area contributed by atoms with E-state index in [0.29, 0.717) is 23.5 Å². The molecule has 0 saturated carbocycles. The highest BCUT2D eigenvalue weighted by Crippen LogP contribution is 2.21. The number of hydrogen-bond donors (Lipinski definition) is 1. The summed E-state index contributed by atoms with van der Waals surface area (Å²) in [5, 5.41) is 14.9. The van der Waals surface area contributed by atoms with Gasteiger partial charge < -0.3 is 9.42 Å². The summed E-state index contributed by atoms with van der Waals surface area (Å²) in [6.07, 6.45) is 0. The van der Waals surface area contributed by atoms with E-state index < -0.39 is 0 Å². The van der Waals surface area contributed by atoms with Gasteiger partial charge in [-0.25, -0.2) is 0 Å². The maximum atomic E-state index is 12.0. The molecule has 10 heteroatoms. The molecule has 4 rings (SSSR count). The quantitative estimate of drug-likeness (QED) is 0.708. The van der Waals surface area contributed by atoms with Gasteiger partial charge in [-0.2, -0.15) is 4.98 Å². The van der Waals surface area contributed by atoms with E-state index in [4.69, 9.17) is 4.52 Å². The number of aromatic nitrogens is 4. The molecule has 0 radical (unpaired) electrons. The van der Waals surface area contributed by atoms with Gasteiger partial charge in [0.1, 0.15) is 5.51 Å². The summed E-state index contributed by atoms with van der Waals surface area (Å²) in [5.41, 5.74) is 3.71. The summed E-state index contributed by atoms with van der Waals surface area (Å²) in [7, 11) is 0. The summed E-state index contributed by atoms with van der Waals surface area (Å²) in [6, 6.07) is 8.54. The first-order chi connectivity index (χ1) is 13.2. The van der Waals surface area contributed by atoms with Crippen LogP contribution in [-0.4, -0.2) is 63.9 Å². The fourth-order valence-corrected chi connectivity index (χ4v) is 3.31. The van der Waals surface area contributed by atoms with Crippen molar-refractivity contribution in [3.63, 3.8) is 0 Å². The van der Waals surface area contributed by atoms with Crippen LogP contribution in [0, 0.1) is 6.92 Å².